The highest BCUT2D eigenvalue weighted by Crippen LogP contribution is 2.21. The first-order valence-corrected chi connectivity index (χ1v) is 4.15. The lowest BCUT2D eigenvalue weighted by Gasteiger charge is -2.06. The number of carbonyl (C=O) groups excluding carboxylic acids is 1. The highest BCUT2D eigenvalue weighted by Gasteiger charge is 2.14. The van der Waals surface area contributed by atoms with Gasteiger partial charge in [0.05, 0.1) is 0 Å². The van der Waals surface area contributed by atoms with Gasteiger partial charge in [0, 0.05) is 0 Å². The van der Waals surface area contributed by atoms with Crippen molar-refractivity contribution in [1.82, 2.24) is 0 Å². The molecule has 0 aliphatic carbocycles. The molecule has 4 heteroatoms. The van der Waals surface area contributed by atoms with E-state index in [-0.39, 0.29) is 5.82 Å². The van der Waals surface area contributed by atoms with E-state index in [9.17, 15) is 9.18 Å². The van der Waals surface area contributed by atoms with Gasteiger partial charge >= 0.3 is 0 Å². The molecular weight excluding hydrogens is 193 g/mol. The molecule has 0 aliphatic heterocycles. The third-order valence-corrected chi connectivity index (χ3v) is 2.19. The fourth-order valence-corrected chi connectivity index (χ4v) is 1.13. The van der Waals surface area contributed by atoms with Gasteiger partial charge < -0.3 is 5.73 Å². The Balaban J connectivity index is 3.03. The molecule has 1 rings (SSSR count). The Bertz CT molecular complexity index is 340. The zero-order chi connectivity index (χ0) is 10.0. The van der Waals surface area contributed by atoms with Crippen LogP contribution in [0.1, 0.15) is 16.5 Å². The summed E-state index contributed by atoms with van der Waals surface area (Å²) >= 11 is 5.67. The van der Waals surface area contributed by atoms with Gasteiger partial charge in [-0.15, -0.1) is 11.6 Å². The Hall–Kier alpha value is -1.09. The smallest absolute Gasteiger partial charge is 0.240 e. The summed E-state index contributed by atoms with van der Waals surface area (Å²) < 4.78 is 12.8. The van der Waals surface area contributed by atoms with Crippen LogP contribution in [0, 0.1) is 12.7 Å². The highest BCUT2D eigenvalue weighted by molar-refractivity contribution is 6.30. The van der Waals surface area contributed by atoms with Crippen molar-refractivity contribution in [1.29, 1.82) is 0 Å². The summed E-state index contributed by atoms with van der Waals surface area (Å²) in [5.41, 5.74) is 5.96. The maximum absolute atomic E-state index is 12.8. The van der Waals surface area contributed by atoms with Crippen molar-refractivity contribution < 1.29 is 9.18 Å². The summed E-state index contributed by atoms with van der Waals surface area (Å²) in [4.78, 5) is 10.7. The zero-order valence-electron chi connectivity index (χ0n) is 7.05. The molecule has 0 aliphatic rings. The number of benzene rings is 1. The van der Waals surface area contributed by atoms with Crippen molar-refractivity contribution in [2.45, 2.75) is 12.3 Å². The van der Waals surface area contributed by atoms with E-state index in [0.717, 1.165) is 0 Å². The summed E-state index contributed by atoms with van der Waals surface area (Å²) in [5, 5.41) is -0.890. The van der Waals surface area contributed by atoms with Gasteiger partial charge in [0.25, 0.3) is 0 Å². The number of aryl methyl sites for hydroxylation is 1. The lowest BCUT2D eigenvalue weighted by atomic mass is 10.1. The van der Waals surface area contributed by atoms with E-state index in [1.165, 1.54) is 18.2 Å². The van der Waals surface area contributed by atoms with Gasteiger partial charge in [-0.1, -0.05) is 12.1 Å². The molecule has 0 spiro atoms. The first-order valence-electron chi connectivity index (χ1n) is 3.72. The van der Waals surface area contributed by atoms with Crippen LogP contribution in [0.15, 0.2) is 18.2 Å². The first kappa shape index (κ1) is 9.99. The van der Waals surface area contributed by atoms with Gasteiger partial charge in [-0.25, -0.2) is 4.39 Å². The topological polar surface area (TPSA) is 43.1 Å². The second-order valence-corrected chi connectivity index (χ2v) is 3.21. The summed E-state index contributed by atoms with van der Waals surface area (Å²) in [6, 6.07) is 4.23. The number of alkyl halides is 1. The van der Waals surface area contributed by atoms with Crippen molar-refractivity contribution in [3.63, 3.8) is 0 Å². The fourth-order valence-electron chi connectivity index (χ4n) is 0.990. The minimum absolute atomic E-state index is 0.322. The van der Waals surface area contributed by atoms with Crippen molar-refractivity contribution in [2.75, 3.05) is 0 Å². The van der Waals surface area contributed by atoms with Crippen molar-refractivity contribution in [2.24, 2.45) is 5.73 Å². The van der Waals surface area contributed by atoms with Crippen LogP contribution in [0.2, 0.25) is 0 Å². The van der Waals surface area contributed by atoms with Gasteiger partial charge in [0.2, 0.25) is 5.91 Å². The maximum atomic E-state index is 12.8. The highest BCUT2D eigenvalue weighted by atomic mass is 35.5. The molecule has 1 aromatic rings. The molecule has 13 heavy (non-hydrogen) atoms. The van der Waals surface area contributed by atoms with E-state index >= 15 is 0 Å². The number of primary amides is 1. The monoisotopic (exact) mass is 201 g/mol. The molecule has 1 amide bonds. The summed E-state index contributed by atoms with van der Waals surface area (Å²) in [5.74, 6) is -0.954. The minimum Gasteiger partial charge on any atom is -0.368 e. The SMILES string of the molecule is Cc1cc(C(Cl)C(N)=O)ccc1F. The lowest BCUT2D eigenvalue weighted by molar-refractivity contribution is -0.117. The van der Waals surface area contributed by atoms with Gasteiger partial charge in [-0.05, 0) is 24.1 Å². The van der Waals surface area contributed by atoms with Gasteiger partial charge in [0.15, 0.2) is 0 Å². The van der Waals surface area contributed by atoms with Crippen molar-refractivity contribution in [3.8, 4) is 0 Å². The summed E-state index contributed by atoms with van der Waals surface area (Å²) in [6.45, 7) is 1.60. The molecule has 70 valence electrons. The Morgan fingerprint density at radius 2 is 2.23 bits per heavy atom. The van der Waals surface area contributed by atoms with Crippen LogP contribution >= 0.6 is 11.6 Å². The predicted molar refractivity (Wildman–Crippen MR) is 48.9 cm³/mol. The lowest BCUT2D eigenvalue weighted by Crippen LogP contribution is -2.17. The Labute approximate surface area is 80.5 Å². The maximum Gasteiger partial charge on any atom is 0.240 e. The number of amides is 1. The van der Waals surface area contributed by atoms with Crippen molar-refractivity contribution in [3.05, 3.63) is 35.1 Å². The number of halogens is 2. The molecule has 2 nitrogen and oxygen atoms in total. The molecule has 1 atom stereocenters. The van der Waals surface area contributed by atoms with Gasteiger partial charge in [-0.2, -0.15) is 0 Å². The molecule has 0 radical (unpaired) electrons. The molecule has 0 saturated carbocycles. The molecule has 0 bridgehead atoms. The van der Waals surface area contributed by atoms with Crippen LogP contribution < -0.4 is 5.73 Å². The van der Waals surface area contributed by atoms with E-state index in [2.05, 4.69) is 0 Å². The van der Waals surface area contributed by atoms with Crippen LogP contribution in [-0.4, -0.2) is 5.91 Å². The quantitative estimate of drug-likeness (QED) is 0.730. The molecular formula is C9H9ClFNO. The van der Waals surface area contributed by atoms with E-state index in [0.29, 0.717) is 11.1 Å². The average molecular weight is 202 g/mol. The first-order chi connectivity index (χ1) is 6.02. The van der Waals surface area contributed by atoms with Gasteiger partial charge in [-0.3, -0.25) is 4.79 Å². The van der Waals surface area contributed by atoms with E-state index in [1.54, 1.807) is 6.92 Å². The minimum atomic E-state index is -0.890. The van der Waals surface area contributed by atoms with E-state index in [4.69, 9.17) is 17.3 Å². The molecule has 0 fully saturated rings. The van der Waals surface area contributed by atoms with Crippen LogP contribution in [0.5, 0.6) is 0 Å². The molecule has 2 N–H and O–H groups in total. The molecule has 1 aromatic carbocycles. The fraction of sp³-hybridized carbons (Fsp3) is 0.222. The molecule has 0 saturated heterocycles. The zero-order valence-corrected chi connectivity index (χ0v) is 7.81. The second-order valence-electron chi connectivity index (χ2n) is 2.77. The number of nitrogens with two attached hydrogens (primary N) is 1. The number of hydrogen-bond acceptors (Lipinski definition) is 1. The number of carbonyl (C=O) groups is 1. The van der Waals surface area contributed by atoms with Crippen LogP contribution in [0.25, 0.3) is 0 Å². The average Bonchev–Trinajstić information content (AvgIpc) is 2.08. The third kappa shape index (κ3) is 2.18. The molecule has 0 aromatic heterocycles. The largest absolute Gasteiger partial charge is 0.368 e. The predicted octanol–water partition coefficient (Wildman–Crippen LogP) is 1.90. The van der Waals surface area contributed by atoms with E-state index in [1.807, 2.05) is 0 Å². The van der Waals surface area contributed by atoms with Crippen LogP contribution in [0.4, 0.5) is 4.39 Å². The van der Waals surface area contributed by atoms with Crippen LogP contribution in [0.3, 0.4) is 0 Å². The third-order valence-electron chi connectivity index (χ3n) is 1.72. The normalized spacial score (nSPS) is 12.5. The van der Waals surface area contributed by atoms with Gasteiger partial charge in [0.1, 0.15) is 11.2 Å². The summed E-state index contributed by atoms with van der Waals surface area (Å²) in [7, 11) is 0. The second kappa shape index (κ2) is 3.75. The molecule has 1 unspecified atom stereocenters. The standard InChI is InChI=1S/C9H9ClFNO/c1-5-4-6(2-3-7(5)11)8(10)9(12)13/h2-4,8H,1H3,(H2,12,13). The Morgan fingerprint density at radius 3 is 2.69 bits per heavy atom. The summed E-state index contributed by atoms with van der Waals surface area (Å²) in [6.07, 6.45) is 0. The Morgan fingerprint density at radius 1 is 1.62 bits per heavy atom. The Kier molecular flexibility index (Phi) is 2.88. The van der Waals surface area contributed by atoms with E-state index < -0.39 is 11.3 Å². The van der Waals surface area contributed by atoms with Crippen LogP contribution in [-0.2, 0) is 4.79 Å². The van der Waals surface area contributed by atoms with Crippen molar-refractivity contribution >= 4 is 17.5 Å². The number of hydrogen-bond donors (Lipinski definition) is 1. The molecule has 0 heterocycles. The number of rotatable bonds is 2.